The lowest BCUT2D eigenvalue weighted by Crippen LogP contribution is -2.58. The lowest BCUT2D eigenvalue weighted by molar-refractivity contribution is -0.127. The minimum atomic E-state index is -0.635. The highest BCUT2D eigenvalue weighted by Gasteiger charge is 2.35. The third-order valence-corrected chi connectivity index (χ3v) is 5.81. The van der Waals surface area contributed by atoms with E-state index in [1.54, 1.807) is 0 Å². The molecule has 1 aromatic carbocycles. The molecule has 3 rings (SSSR count). The van der Waals surface area contributed by atoms with E-state index in [1.165, 1.54) is 12.1 Å². The van der Waals surface area contributed by atoms with E-state index in [0.717, 1.165) is 51.9 Å². The van der Waals surface area contributed by atoms with Crippen molar-refractivity contribution >= 4 is 48.8 Å². The number of para-hydroxylation sites is 1. The summed E-state index contributed by atoms with van der Waals surface area (Å²) in [5.74, 6) is 0.0435. The standard InChI is InChI=1S/C20H32N4O.3ClH/c1-17(16-22-19(25)20(21)10-6-3-7-11-20)23-12-14-24(15-13-23)18-8-4-2-5-9-18;;;/h2,4-5,8-9,17H,3,6-7,10-16,21H2,1H3,(H,22,25);3*1H. The predicted octanol–water partition coefficient (Wildman–Crippen LogP) is 3.24. The molecule has 1 aliphatic carbocycles. The van der Waals surface area contributed by atoms with Crippen LogP contribution in [-0.2, 0) is 4.79 Å². The number of halogens is 3. The molecule has 1 saturated heterocycles. The van der Waals surface area contributed by atoms with Gasteiger partial charge in [0.15, 0.2) is 0 Å². The first kappa shape index (κ1) is 27.3. The summed E-state index contributed by atoms with van der Waals surface area (Å²) >= 11 is 0. The molecule has 1 aliphatic heterocycles. The predicted molar refractivity (Wildman–Crippen MR) is 124 cm³/mol. The number of benzene rings is 1. The number of carbonyl (C=O) groups is 1. The molecule has 0 radical (unpaired) electrons. The molecule has 1 unspecified atom stereocenters. The normalized spacial score (nSPS) is 20.0. The van der Waals surface area contributed by atoms with Crippen LogP contribution in [0.4, 0.5) is 5.69 Å². The molecule has 1 heterocycles. The van der Waals surface area contributed by atoms with Crippen LogP contribution in [0.3, 0.4) is 0 Å². The van der Waals surface area contributed by atoms with Gasteiger partial charge in [-0.15, -0.1) is 37.2 Å². The summed E-state index contributed by atoms with van der Waals surface area (Å²) < 4.78 is 0. The minimum Gasteiger partial charge on any atom is -0.369 e. The molecule has 8 heteroatoms. The first-order chi connectivity index (χ1) is 12.1. The van der Waals surface area contributed by atoms with Gasteiger partial charge in [0, 0.05) is 44.5 Å². The van der Waals surface area contributed by atoms with Crippen LogP contribution in [0.5, 0.6) is 0 Å². The van der Waals surface area contributed by atoms with Crippen LogP contribution in [0, 0.1) is 0 Å². The number of carbonyl (C=O) groups excluding carboxylic acids is 1. The number of rotatable bonds is 5. The third-order valence-electron chi connectivity index (χ3n) is 5.81. The topological polar surface area (TPSA) is 61.6 Å². The minimum absolute atomic E-state index is 0. The second-order valence-corrected chi connectivity index (χ2v) is 7.63. The summed E-state index contributed by atoms with van der Waals surface area (Å²) in [6.07, 6.45) is 4.99. The zero-order valence-electron chi connectivity index (χ0n) is 16.6. The molecule has 162 valence electrons. The van der Waals surface area contributed by atoms with Gasteiger partial charge in [-0.25, -0.2) is 0 Å². The van der Waals surface area contributed by atoms with Crippen molar-refractivity contribution in [1.82, 2.24) is 10.2 Å². The van der Waals surface area contributed by atoms with Gasteiger partial charge in [-0.1, -0.05) is 37.5 Å². The number of amides is 1. The lowest BCUT2D eigenvalue weighted by Gasteiger charge is -2.39. The largest absolute Gasteiger partial charge is 0.369 e. The second-order valence-electron chi connectivity index (χ2n) is 7.63. The van der Waals surface area contributed by atoms with Crippen molar-refractivity contribution in [2.45, 2.75) is 50.6 Å². The van der Waals surface area contributed by atoms with Crippen LogP contribution in [-0.4, -0.2) is 55.1 Å². The molecule has 0 aromatic heterocycles. The highest BCUT2D eigenvalue weighted by Crippen LogP contribution is 2.26. The third kappa shape index (κ3) is 6.96. The van der Waals surface area contributed by atoms with Crippen molar-refractivity contribution < 1.29 is 4.79 Å². The fraction of sp³-hybridized carbons (Fsp3) is 0.650. The quantitative estimate of drug-likeness (QED) is 0.718. The van der Waals surface area contributed by atoms with Crippen LogP contribution in [0.1, 0.15) is 39.0 Å². The number of piperazine rings is 1. The number of hydrogen-bond acceptors (Lipinski definition) is 4. The number of nitrogens with one attached hydrogen (secondary N) is 1. The number of nitrogens with zero attached hydrogens (tertiary/aromatic N) is 2. The summed E-state index contributed by atoms with van der Waals surface area (Å²) in [5.41, 5.74) is 6.98. The van der Waals surface area contributed by atoms with Gasteiger partial charge in [0.1, 0.15) is 0 Å². The van der Waals surface area contributed by atoms with Gasteiger partial charge in [0.2, 0.25) is 5.91 Å². The lowest BCUT2D eigenvalue weighted by atomic mass is 9.82. The Morgan fingerprint density at radius 2 is 1.61 bits per heavy atom. The van der Waals surface area contributed by atoms with Crippen LogP contribution in [0.25, 0.3) is 0 Å². The Morgan fingerprint density at radius 3 is 2.18 bits per heavy atom. The van der Waals surface area contributed by atoms with Crippen molar-refractivity contribution in [3.63, 3.8) is 0 Å². The van der Waals surface area contributed by atoms with Gasteiger partial charge in [0.25, 0.3) is 0 Å². The van der Waals surface area contributed by atoms with Crippen molar-refractivity contribution in [2.24, 2.45) is 5.73 Å². The molecular weight excluding hydrogens is 419 g/mol. The summed E-state index contributed by atoms with van der Waals surface area (Å²) in [4.78, 5) is 17.4. The van der Waals surface area contributed by atoms with Gasteiger partial charge in [0.05, 0.1) is 5.54 Å². The molecule has 1 saturated carbocycles. The molecule has 1 aromatic rings. The first-order valence-electron chi connectivity index (χ1n) is 9.70. The van der Waals surface area contributed by atoms with Gasteiger partial charge in [-0.2, -0.15) is 0 Å². The highest BCUT2D eigenvalue weighted by molar-refractivity contribution is 5.86. The van der Waals surface area contributed by atoms with Crippen molar-refractivity contribution in [2.75, 3.05) is 37.6 Å². The smallest absolute Gasteiger partial charge is 0.240 e. The molecular formula is C20H35Cl3N4O. The maximum atomic E-state index is 12.5. The number of nitrogens with two attached hydrogens (primary N) is 1. The summed E-state index contributed by atoms with van der Waals surface area (Å²) in [6, 6.07) is 10.9. The fourth-order valence-electron chi connectivity index (χ4n) is 4.01. The van der Waals surface area contributed by atoms with E-state index >= 15 is 0 Å². The van der Waals surface area contributed by atoms with Crippen molar-refractivity contribution in [3.05, 3.63) is 30.3 Å². The monoisotopic (exact) mass is 452 g/mol. The van der Waals surface area contributed by atoms with Gasteiger partial charge in [-0.3, -0.25) is 9.69 Å². The fourth-order valence-corrected chi connectivity index (χ4v) is 4.01. The zero-order valence-corrected chi connectivity index (χ0v) is 19.1. The molecule has 0 bridgehead atoms. The SMILES string of the molecule is CC(CNC(=O)C1(N)CCCCC1)N1CCN(c2ccccc2)CC1.Cl.Cl.Cl. The van der Waals surface area contributed by atoms with E-state index in [-0.39, 0.29) is 43.1 Å². The molecule has 3 N–H and O–H groups in total. The van der Waals surface area contributed by atoms with E-state index < -0.39 is 5.54 Å². The van der Waals surface area contributed by atoms with Crippen LogP contribution in [0.15, 0.2) is 30.3 Å². The molecule has 2 aliphatic rings. The van der Waals surface area contributed by atoms with Gasteiger partial charge < -0.3 is 16.0 Å². The Kier molecular flexibility index (Phi) is 12.4. The van der Waals surface area contributed by atoms with E-state index in [9.17, 15) is 4.79 Å². The average molecular weight is 454 g/mol. The second kappa shape index (κ2) is 12.8. The summed E-state index contributed by atoms with van der Waals surface area (Å²) in [5, 5.41) is 3.11. The molecule has 2 fully saturated rings. The van der Waals surface area contributed by atoms with E-state index in [2.05, 4.69) is 52.4 Å². The molecule has 5 nitrogen and oxygen atoms in total. The van der Waals surface area contributed by atoms with E-state index in [1.807, 2.05) is 0 Å². The highest BCUT2D eigenvalue weighted by atomic mass is 35.5. The van der Waals surface area contributed by atoms with Crippen LogP contribution in [0.2, 0.25) is 0 Å². The number of hydrogen-bond donors (Lipinski definition) is 2. The van der Waals surface area contributed by atoms with Crippen molar-refractivity contribution in [1.29, 1.82) is 0 Å². The maximum Gasteiger partial charge on any atom is 0.240 e. The van der Waals surface area contributed by atoms with E-state index in [0.29, 0.717) is 12.6 Å². The number of anilines is 1. The molecule has 0 spiro atoms. The molecule has 1 amide bonds. The Morgan fingerprint density at radius 1 is 1.04 bits per heavy atom. The Labute approximate surface area is 188 Å². The molecule has 28 heavy (non-hydrogen) atoms. The Hall–Kier alpha value is -0.720. The average Bonchev–Trinajstić information content (AvgIpc) is 2.67. The van der Waals surface area contributed by atoms with Crippen LogP contribution < -0.4 is 16.0 Å². The Bertz CT molecular complexity index is 562. The summed E-state index contributed by atoms with van der Waals surface area (Å²) in [6.45, 7) is 7.00. The summed E-state index contributed by atoms with van der Waals surface area (Å²) in [7, 11) is 0. The van der Waals surface area contributed by atoms with Gasteiger partial charge >= 0.3 is 0 Å². The van der Waals surface area contributed by atoms with E-state index in [4.69, 9.17) is 5.73 Å². The molecule has 1 atom stereocenters. The van der Waals surface area contributed by atoms with Gasteiger partial charge in [-0.05, 0) is 31.9 Å². The zero-order chi connectivity index (χ0) is 17.7. The first-order valence-corrected chi connectivity index (χ1v) is 9.70. The van der Waals surface area contributed by atoms with Crippen LogP contribution >= 0.6 is 37.2 Å². The van der Waals surface area contributed by atoms with Crippen molar-refractivity contribution in [3.8, 4) is 0 Å². The maximum absolute atomic E-state index is 12.5. The Balaban J connectivity index is 0.00000243.